The SMILES string of the molecule is CC1(C)CCC(C(=O)NCc2cc(-c3ccc(C(F)(F)F)nc3)ncn2)N1S(=O)(=O)c1ccc(F)cc1. The first-order chi connectivity index (χ1) is 17.3. The molecule has 8 nitrogen and oxygen atoms in total. The Hall–Kier alpha value is -3.45. The monoisotopic (exact) mass is 537 g/mol. The number of nitrogens with zero attached hydrogens (tertiary/aromatic N) is 4. The molecule has 3 heterocycles. The summed E-state index contributed by atoms with van der Waals surface area (Å²) in [7, 11) is -4.10. The van der Waals surface area contributed by atoms with Crippen molar-refractivity contribution in [1.82, 2.24) is 24.6 Å². The number of carbonyl (C=O) groups is 1. The summed E-state index contributed by atoms with van der Waals surface area (Å²) in [5.41, 5.74) is -0.881. The van der Waals surface area contributed by atoms with E-state index >= 15 is 0 Å². The van der Waals surface area contributed by atoms with Crippen LogP contribution in [0.25, 0.3) is 11.3 Å². The van der Waals surface area contributed by atoms with Crippen LogP contribution in [0.3, 0.4) is 0 Å². The second-order valence-corrected chi connectivity index (χ2v) is 11.0. The van der Waals surface area contributed by atoms with Gasteiger partial charge in [0.25, 0.3) is 0 Å². The van der Waals surface area contributed by atoms with Gasteiger partial charge in [-0.2, -0.15) is 17.5 Å². The van der Waals surface area contributed by atoms with E-state index in [4.69, 9.17) is 0 Å². The molecule has 1 aliphatic rings. The molecule has 1 unspecified atom stereocenters. The van der Waals surface area contributed by atoms with E-state index in [1.807, 2.05) is 0 Å². The third-order valence-electron chi connectivity index (χ3n) is 6.10. The number of aromatic nitrogens is 3. The molecule has 0 bridgehead atoms. The van der Waals surface area contributed by atoms with Crippen molar-refractivity contribution in [2.45, 2.75) is 55.9 Å². The molecule has 1 aromatic carbocycles. The molecule has 0 radical (unpaired) electrons. The van der Waals surface area contributed by atoms with Gasteiger partial charge in [0, 0.05) is 17.3 Å². The molecule has 37 heavy (non-hydrogen) atoms. The minimum absolute atomic E-state index is 0.0657. The van der Waals surface area contributed by atoms with Crippen LogP contribution in [-0.4, -0.2) is 45.2 Å². The molecule has 1 fully saturated rings. The first-order valence-corrected chi connectivity index (χ1v) is 12.7. The first kappa shape index (κ1) is 26.6. The van der Waals surface area contributed by atoms with Crippen molar-refractivity contribution >= 4 is 15.9 Å². The maximum absolute atomic E-state index is 13.4. The van der Waals surface area contributed by atoms with Gasteiger partial charge >= 0.3 is 6.18 Å². The number of hydrogen-bond donors (Lipinski definition) is 1. The van der Waals surface area contributed by atoms with Gasteiger partial charge in [0.1, 0.15) is 23.9 Å². The largest absolute Gasteiger partial charge is 0.433 e. The Bertz CT molecular complexity index is 1400. The van der Waals surface area contributed by atoms with Crippen LogP contribution in [0.1, 0.15) is 38.1 Å². The second kappa shape index (κ2) is 9.78. The van der Waals surface area contributed by atoms with Gasteiger partial charge in [-0.1, -0.05) is 0 Å². The lowest BCUT2D eigenvalue weighted by Gasteiger charge is -2.34. The Labute approximate surface area is 210 Å². The summed E-state index contributed by atoms with van der Waals surface area (Å²) in [6.07, 6.45) is -1.59. The summed E-state index contributed by atoms with van der Waals surface area (Å²) in [5, 5.41) is 2.69. The highest BCUT2D eigenvalue weighted by atomic mass is 32.2. The van der Waals surface area contributed by atoms with Gasteiger partial charge in [-0.3, -0.25) is 9.78 Å². The highest BCUT2D eigenvalue weighted by Crippen LogP contribution is 2.38. The summed E-state index contributed by atoms with van der Waals surface area (Å²) < 4.78 is 79.5. The minimum Gasteiger partial charge on any atom is -0.349 e. The van der Waals surface area contributed by atoms with Crippen molar-refractivity contribution < 1.29 is 30.8 Å². The third kappa shape index (κ3) is 5.62. The number of carbonyl (C=O) groups excluding carboxylic acids is 1. The normalized spacial score (nSPS) is 18.1. The molecule has 13 heteroatoms. The van der Waals surface area contributed by atoms with Crippen LogP contribution < -0.4 is 5.32 Å². The molecule has 2 aromatic heterocycles. The lowest BCUT2D eigenvalue weighted by atomic mass is 10.0. The van der Waals surface area contributed by atoms with Crippen molar-refractivity contribution in [3.05, 3.63) is 72.2 Å². The molecule has 1 atom stereocenters. The summed E-state index contributed by atoms with van der Waals surface area (Å²) in [6, 6.07) is 6.99. The van der Waals surface area contributed by atoms with E-state index in [1.54, 1.807) is 13.8 Å². The number of rotatable bonds is 6. The van der Waals surface area contributed by atoms with Crippen molar-refractivity contribution in [2.75, 3.05) is 0 Å². The molecule has 1 aliphatic heterocycles. The van der Waals surface area contributed by atoms with E-state index in [9.17, 15) is 30.8 Å². The Morgan fingerprint density at radius 1 is 1.11 bits per heavy atom. The van der Waals surface area contributed by atoms with E-state index in [-0.39, 0.29) is 17.9 Å². The zero-order valence-corrected chi connectivity index (χ0v) is 20.6. The van der Waals surface area contributed by atoms with Gasteiger partial charge in [-0.05, 0) is 69.2 Å². The fourth-order valence-corrected chi connectivity index (χ4v) is 6.24. The predicted molar refractivity (Wildman–Crippen MR) is 125 cm³/mol. The van der Waals surface area contributed by atoms with Crippen LogP contribution >= 0.6 is 0 Å². The Kier molecular flexibility index (Phi) is 7.04. The average Bonchev–Trinajstić information content (AvgIpc) is 3.18. The zero-order chi connectivity index (χ0) is 27.0. The number of halogens is 4. The Morgan fingerprint density at radius 3 is 2.43 bits per heavy atom. The summed E-state index contributed by atoms with van der Waals surface area (Å²) >= 11 is 0. The smallest absolute Gasteiger partial charge is 0.349 e. The molecule has 0 spiro atoms. The van der Waals surface area contributed by atoms with E-state index < -0.39 is 45.2 Å². The van der Waals surface area contributed by atoms with E-state index in [0.29, 0.717) is 23.4 Å². The van der Waals surface area contributed by atoms with Gasteiger partial charge in [0.05, 0.1) is 22.8 Å². The number of pyridine rings is 1. The van der Waals surface area contributed by atoms with E-state index in [2.05, 4.69) is 20.3 Å². The first-order valence-electron chi connectivity index (χ1n) is 11.2. The van der Waals surface area contributed by atoms with E-state index in [1.165, 1.54) is 18.5 Å². The highest BCUT2D eigenvalue weighted by molar-refractivity contribution is 7.89. The molecule has 196 valence electrons. The van der Waals surface area contributed by atoms with Gasteiger partial charge in [0.2, 0.25) is 15.9 Å². The van der Waals surface area contributed by atoms with Crippen molar-refractivity contribution in [1.29, 1.82) is 0 Å². The Morgan fingerprint density at radius 2 is 1.81 bits per heavy atom. The van der Waals surface area contributed by atoms with Crippen molar-refractivity contribution in [3.8, 4) is 11.3 Å². The molecule has 4 rings (SSSR count). The molecule has 1 saturated heterocycles. The summed E-state index contributed by atoms with van der Waals surface area (Å²) in [4.78, 5) is 24.5. The maximum atomic E-state index is 13.4. The number of alkyl halides is 3. The number of nitrogens with one attached hydrogen (secondary N) is 1. The molecular formula is C24H23F4N5O3S. The topological polar surface area (TPSA) is 105 Å². The van der Waals surface area contributed by atoms with Gasteiger partial charge in [-0.25, -0.2) is 22.8 Å². The molecular weight excluding hydrogens is 514 g/mol. The van der Waals surface area contributed by atoms with Gasteiger partial charge in [0.15, 0.2) is 0 Å². The number of hydrogen-bond acceptors (Lipinski definition) is 6. The molecule has 3 aromatic rings. The average molecular weight is 538 g/mol. The Balaban J connectivity index is 1.50. The minimum atomic E-state index is -4.56. The lowest BCUT2D eigenvalue weighted by Crippen LogP contribution is -2.52. The maximum Gasteiger partial charge on any atom is 0.433 e. The fourth-order valence-electron chi connectivity index (χ4n) is 4.25. The summed E-state index contributed by atoms with van der Waals surface area (Å²) in [6.45, 7) is 3.37. The number of benzene rings is 1. The highest BCUT2D eigenvalue weighted by Gasteiger charge is 2.50. The molecule has 1 N–H and O–H groups in total. The van der Waals surface area contributed by atoms with Crippen LogP contribution in [0.5, 0.6) is 0 Å². The van der Waals surface area contributed by atoms with E-state index in [0.717, 1.165) is 40.8 Å². The van der Waals surface area contributed by atoms with Crippen LogP contribution in [0.15, 0.2) is 59.9 Å². The second-order valence-electron chi connectivity index (χ2n) is 9.16. The van der Waals surface area contributed by atoms with Crippen LogP contribution in [0.2, 0.25) is 0 Å². The standard InChI is InChI=1S/C24H23F4N5O3S/c1-23(2)10-9-20(33(23)37(35,36)18-6-4-16(25)5-7-18)22(34)30-13-17-11-19(32-14-31-17)15-3-8-21(29-12-15)24(26,27)28/h3-8,11-12,14,20H,9-10,13H2,1-2H3,(H,30,34). The number of sulfonamides is 1. The predicted octanol–water partition coefficient (Wildman–Crippen LogP) is 3.94. The van der Waals surface area contributed by atoms with Crippen LogP contribution in [0, 0.1) is 5.82 Å². The molecule has 0 aliphatic carbocycles. The fraction of sp³-hybridized carbons (Fsp3) is 0.333. The molecule has 0 saturated carbocycles. The third-order valence-corrected chi connectivity index (χ3v) is 8.23. The lowest BCUT2D eigenvalue weighted by molar-refractivity contribution is -0.141. The van der Waals surface area contributed by atoms with Crippen LogP contribution in [-0.2, 0) is 27.5 Å². The molecule has 1 amide bonds. The van der Waals surface area contributed by atoms with Crippen molar-refractivity contribution in [2.24, 2.45) is 0 Å². The number of amides is 1. The van der Waals surface area contributed by atoms with Gasteiger partial charge in [-0.15, -0.1) is 0 Å². The van der Waals surface area contributed by atoms with Crippen LogP contribution in [0.4, 0.5) is 17.6 Å². The summed E-state index contributed by atoms with van der Waals surface area (Å²) in [5.74, 6) is -1.11. The zero-order valence-electron chi connectivity index (χ0n) is 19.8. The van der Waals surface area contributed by atoms with Gasteiger partial charge < -0.3 is 5.32 Å². The quantitative estimate of drug-likeness (QED) is 0.478. The van der Waals surface area contributed by atoms with Crippen molar-refractivity contribution in [3.63, 3.8) is 0 Å².